The van der Waals surface area contributed by atoms with Crippen LogP contribution in [0.3, 0.4) is 0 Å². The van der Waals surface area contributed by atoms with Gasteiger partial charge in [0.15, 0.2) is 11.6 Å². The van der Waals surface area contributed by atoms with Gasteiger partial charge in [-0.25, -0.2) is 13.8 Å². The van der Waals surface area contributed by atoms with Crippen LogP contribution in [0.15, 0.2) is 23.6 Å². The van der Waals surface area contributed by atoms with Gasteiger partial charge in [0.25, 0.3) is 0 Å². The van der Waals surface area contributed by atoms with Gasteiger partial charge in [0.2, 0.25) is 0 Å². The number of nitrogens with zero attached hydrogens (tertiary/aromatic N) is 1. The van der Waals surface area contributed by atoms with Crippen LogP contribution in [0, 0.1) is 11.6 Å². The molecule has 0 aliphatic heterocycles. The van der Waals surface area contributed by atoms with Gasteiger partial charge in [0.05, 0.1) is 10.7 Å². The quantitative estimate of drug-likeness (QED) is 0.895. The molecule has 0 atom stereocenters. The topological polar surface area (TPSA) is 38.9 Å². The maximum absolute atomic E-state index is 12.9. The third-order valence-corrected chi connectivity index (χ3v) is 3.05. The molecule has 5 heteroatoms. The maximum Gasteiger partial charge on any atom is 0.159 e. The molecule has 1 aromatic heterocycles. The minimum atomic E-state index is -0.828. The molecule has 0 aliphatic rings. The van der Waals surface area contributed by atoms with Gasteiger partial charge in [-0.3, -0.25) is 0 Å². The highest BCUT2D eigenvalue weighted by atomic mass is 32.1. The Labute approximate surface area is 95.7 Å². The normalized spacial score (nSPS) is 10.7. The van der Waals surface area contributed by atoms with Gasteiger partial charge >= 0.3 is 0 Å². The van der Waals surface area contributed by atoms with Crippen molar-refractivity contribution in [2.24, 2.45) is 5.73 Å². The molecule has 2 rings (SSSR count). The van der Waals surface area contributed by atoms with Crippen LogP contribution in [-0.2, 0) is 13.0 Å². The lowest BCUT2D eigenvalue weighted by molar-refractivity contribution is 0.507. The summed E-state index contributed by atoms with van der Waals surface area (Å²) in [6, 6.07) is 3.88. The number of hydrogen-bond acceptors (Lipinski definition) is 3. The Morgan fingerprint density at radius 2 is 2.06 bits per heavy atom. The zero-order valence-electron chi connectivity index (χ0n) is 8.41. The molecule has 1 heterocycles. The van der Waals surface area contributed by atoms with Gasteiger partial charge in [-0.15, -0.1) is 11.3 Å². The monoisotopic (exact) mass is 240 g/mol. The lowest BCUT2D eigenvalue weighted by Crippen LogP contribution is -1.97. The van der Waals surface area contributed by atoms with Crippen molar-refractivity contribution in [1.82, 2.24) is 4.98 Å². The third-order valence-electron chi connectivity index (χ3n) is 2.15. The molecule has 0 fully saturated rings. The van der Waals surface area contributed by atoms with Gasteiger partial charge in [-0.1, -0.05) is 6.07 Å². The predicted octanol–water partition coefficient (Wildman–Crippen LogP) is 2.47. The van der Waals surface area contributed by atoms with Crippen LogP contribution in [0.25, 0.3) is 0 Å². The molecule has 0 amide bonds. The van der Waals surface area contributed by atoms with E-state index in [1.54, 1.807) is 6.07 Å². The molecule has 2 N–H and O–H groups in total. The summed E-state index contributed by atoms with van der Waals surface area (Å²) < 4.78 is 25.6. The van der Waals surface area contributed by atoms with E-state index < -0.39 is 11.6 Å². The smallest absolute Gasteiger partial charge is 0.159 e. The Morgan fingerprint density at radius 3 is 2.69 bits per heavy atom. The first kappa shape index (κ1) is 11.2. The SMILES string of the molecule is NCc1csc(Cc2ccc(F)c(F)c2)n1. The standard InChI is InChI=1S/C11H10F2N2S/c12-9-2-1-7(3-10(9)13)4-11-15-8(5-14)6-16-11/h1-3,6H,4-5,14H2. The molecule has 84 valence electrons. The summed E-state index contributed by atoms with van der Waals surface area (Å²) in [7, 11) is 0. The van der Waals surface area contributed by atoms with Crippen molar-refractivity contribution in [1.29, 1.82) is 0 Å². The first-order valence-electron chi connectivity index (χ1n) is 4.76. The fourth-order valence-corrected chi connectivity index (χ4v) is 2.19. The first-order valence-corrected chi connectivity index (χ1v) is 5.64. The highest BCUT2D eigenvalue weighted by molar-refractivity contribution is 7.09. The molecule has 0 spiro atoms. The number of aromatic nitrogens is 1. The molecule has 0 bridgehead atoms. The minimum Gasteiger partial charge on any atom is -0.325 e. The van der Waals surface area contributed by atoms with Crippen molar-refractivity contribution in [3.63, 3.8) is 0 Å². The van der Waals surface area contributed by atoms with Crippen molar-refractivity contribution in [2.45, 2.75) is 13.0 Å². The zero-order valence-corrected chi connectivity index (χ0v) is 9.23. The van der Waals surface area contributed by atoms with Crippen LogP contribution < -0.4 is 5.73 Å². The third kappa shape index (κ3) is 2.43. The summed E-state index contributed by atoms with van der Waals surface area (Å²) in [5.74, 6) is -1.65. The molecule has 0 saturated heterocycles. The maximum atomic E-state index is 12.9. The van der Waals surface area contributed by atoms with Crippen LogP contribution in [0.4, 0.5) is 8.78 Å². The molecular weight excluding hydrogens is 230 g/mol. The molecule has 16 heavy (non-hydrogen) atoms. The van der Waals surface area contributed by atoms with E-state index in [4.69, 9.17) is 5.73 Å². The highest BCUT2D eigenvalue weighted by Crippen LogP contribution is 2.16. The van der Waals surface area contributed by atoms with E-state index in [1.165, 1.54) is 17.4 Å². The second-order valence-electron chi connectivity index (χ2n) is 3.36. The molecule has 0 unspecified atom stereocenters. The van der Waals surface area contributed by atoms with Crippen molar-refractivity contribution >= 4 is 11.3 Å². The number of thiazole rings is 1. The Hall–Kier alpha value is -1.33. The van der Waals surface area contributed by atoms with Crippen molar-refractivity contribution in [3.05, 3.63) is 51.5 Å². The molecule has 0 saturated carbocycles. The van der Waals surface area contributed by atoms with Gasteiger partial charge in [-0.2, -0.15) is 0 Å². The van der Waals surface area contributed by atoms with Crippen molar-refractivity contribution in [2.75, 3.05) is 0 Å². The second-order valence-corrected chi connectivity index (χ2v) is 4.30. The van der Waals surface area contributed by atoms with Crippen LogP contribution in [0.1, 0.15) is 16.3 Å². The van der Waals surface area contributed by atoms with Gasteiger partial charge in [0.1, 0.15) is 0 Å². The summed E-state index contributed by atoms with van der Waals surface area (Å²) in [6.07, 6.45) is 0.502. The second kappa shape index (κ2) is 4.67. The van der Waals surface area contributed by atoms with E-state index in [0.29, 0.717) is 18.5 Å². The Bertz CT molecular complexity index is 496. The van der Waals surface area contributed by atoms with E-state index in [9.17, 15) is 8.78 Å². The Morgan fingerprint density at radius 1 is 1.25 bits per heavy atom. The predicted molar refractivity (Wildman–Crippen MR) is 59.2 cm³/mol. The number of halogens is 2. The number of rotatable bonds is 3. The summed E-state index contributed by atoms with van der Waals surface area (Å²) in [5, 5.41) is 2.72. The highest BCUT2D eigenvalue weighted by Gasteiger charge is 2.05. The van der Waals surface area contributed by atoms with Gasteiger partial charge in [0, 0.05) is 18.3 Å². The van der Waals surface area contributed by atoms with E-state index in [2.05, 4.69) is 4.98 Å². The lowest BCUT2D eigenvalue weighted by Gasteiger charge is -1.99. The summed E-state index contributed by atoms with van der Waals surface area (Å²) in [4.78, 5) is 4.25. The van der Waals surface area contributed by atoms with Crippen molar-refractivity contribution in [3.8, 4) is 0 Å². The zero-order chi connectivity index (χ0) is 11.5. The van der Waals surface area contributed by atoms with Crippen LogP contribution >= 0.6 is 11.3 Å². The summed E-state index contributed by atoms with van der Waals surface area (Å²) >= 11 is 1.47. The number of hydrogen-bond donors (Lipinski definition) is 1. The largest absolute Gasteiger partial charge is 0.325 e. The number of benzene rings is 1. The van der Waals surface area contributed by atoms with E-state index in [1.807, 2.05) is 5.38 Å². The molecule has 1 aromatic carbocycles. The molecule has 2 aromatic rings. The van der Waals surface area contributed by atoms with Crippen LogP contribution in [0.5, 0.6) is 0 Å². The van der Waals surface area contributed by atoms with E-state index >= 15 is 0 Å². The van der Waals surface area contributed by atoms with Crippen LogP contribution in [0.2, 0.25) is 0 Å². The van der Waals surface area contributed by atoms with E-state index in [0.717, 1.165) is 16.8 Å². The Balaban J connectivity index is 2.17. The minimum absolute atomic E-state index is 0.397. The van der Waals surface area contributed by atoms with Crippen molar-refractivity contribution < 1.29 is 8.78 Å². The number of nitrogens with two attached hydrogens (primary N) is 1. The van der Waals surface area contributed by atoms with Gasteiger partial charge in [-0.05, 0) is 17.7 Å². The Kier molecular flexibility index (Phi) is 3.26. The molecule has 0 radical (unpaired) electrons. The molecule has 2 nitrogen and oxygen atoms in total. The average Bonchev–Trinajstić information content (AvgIpc) is 2.71. The first-order chi connectivity index (χ1) is 7.69. The van der Waals surface area contributed by atoms with E-state index in [-0.39, 0.29) is 0 Å². The van der Waals surface area contributed by atoms with Gasteiger partial charge < -0.3 is 5.73 Å². The molecule has 0 aliphatic carbocycles. The lowest BCUT2D eigenvalue weighted by atomic mass is 10.1. The summed E-state index contributed by atoms with van der Waals surface area (Å²) in [6.45, 7) is 0.397. The van der Waals surface area contributed by atoms with Crippen LogP contribution in [-0.4, -0.2) is 4.98 Å². The summed E-state index contributed by atoms with van der Waals surface area (Å²) in [5.41, 5.74) is 6.96. The fraction of sp³-hybridized carbons (Fsp3) is 0.182. The fourth-order valence-electron chi connectivity index (χ4n) is 1.35. The average molecular weight is 240 g/mol. The molecular formula is C11H10F2N2S.